The topological polar surface area (TPSA) is 69.6 Å². The van der Waals surface area contributed by atoms with Gasteiger partial charge < -0.3 is 15.3 Å². The predicted molar refractivity (Wildman–Crippen MR) is 80.2 cm³/mol. The van der Waals surface area contributed by atoms with Crippen molar-refractivity contribution in [1.82, 2.24) is 10.2 Å². The van der Waals surface area contributed by atoms with Gasteiger partial charge in [-0.2, -0.15) is 0 Å². The Hall–Kier alpha value is -2.04. The average molecular weight is 290 g/mol. The number of likely N-dealkylation sites (tertiary alicyclic amines) is 1. The van der Waals surface area contributed by atoms with Crippen LogP contribution in [0.4, 0.5) is 4.79 Å². The zero-order valence-electron chi connectivity index (χ0n) is 12.5. The van der Waals surface area contributed by atoms with E-state index in [1.165, 1.54) is 16.0 Å². The van der Waals surface area contributed by atoms with Crippen molar-refractivity contribution in [2.75, 3.05) is 13.1 Å². The first kappa shape index (κ1) is 15.4. The molecule has 1 heterocycles. The van der Waals surface area contributed by atoms with Crippen LogP contribution in [0.5, 0.6) is 0 Å². The highest BCUT2D eigenvalue weighted by atomic mass is 16.4. The number of carbonyl (C=O) groups is 2. The largest absolute Gasteiger partial charge is 0.480 e. The SMILES string of the molecule is Cc1ccccc1CCNC(=O)N1CCC(C)C1C(=O)O. The zero-order chi connectivity index (χ0) is 15.4. The number of aliphatic carboxylic acids is 1. The van der Waals surface area contributed by atoms with Crippen LogP contribution >= 0.6 is 0 Å². The quantitative estimate of drug-likeness (QED) is 0.891. The minimum atomic E-state index is -0.922. The van der Waals surface area contributed by atoms with Gasteiger partial charge in [0, 0.05) is 13.1 Å². The highest BCUT2D eigenvalue weighted by Crippen LogP contribution is 2.23. The van der Waals surface area contributed by atoms with Gasteiger partial charge in [-0.1, -0.05) is 31.2 Å². The van der Waals surface area contributed by atoms with E-state index in [-0.39, 0.29) is 11.9 Å². The Morgan fingerprint density at radius 1 is 1.38 bits per heavy atom. The number of hydrogen-bond acceptors (Lipinski definition) is 2. The molecular formula is C16H22N2O3. The number of hydrogen-bond donors (Lipinski definition) is 2. The summed E-state index contributed by atoms with van der Waals surface area (Å²) < 4.78 is 0. The lowest BCUT2D eigenvalue weighted by molar-refractivity contribution is -0.142. The Balaban J connectivity index is 1.88. The van der Waals surface area contributed by atoms with Crippen molar-refractivity contribution < 1.29 is 14.7 Å². The van der Waals surface area contributed by atoms with Crippen LogP contribution in [0.25, 0.3) is 0 Å². The second-order valence-corrected chi connectivity index (χ2v) is 5.65. The molecule has 1 aliphatic rings. The highest BCUT2D eigenvalue weighted by molar-refractivity contribution is 5.83. The van der Waals surface area contributed by atoms with Gasteiger partial charge in [-0.3, -0.25) is 0 Å². The monoisotopic (exact) mass is 290 g/mol. The Labute approximate surface area is 125 Å². The molecule has 5 nitrogen and oxygen atoms in total. The second-order valence-electron chi connectivity index (χ2n) is 5.65. The summed E-state index contributed by atoms with van der Waals surface area (Å²) >= 11 is 0. The molecule has 2 atom stereocenters. The van der Waals surface area contributed by atoms with Crippen LogP contribution in [0, 0.1) is 12.8 Å². The van der Waals surface area contributed by atoms with Gasteiger partial charge in [0.25, 0.3) is 0 Å². The van der Waals surface area contributed by atoms with Gasteiger partial charge >= 0.3 is 12.0 Å². The molecule has 2 N–H and O–H groups in total. The lowest BCUT2D eigenvalue weighted by Gasteiger charge is -2.23. The molecule has 0 aliphatic carbocycles. The van der Waals surface area contributed by atoms with E-state index in [4.69, 9.17) is 0 Å². The molecule has 1 aromatic rings. The summed E-state index contributed by atoms with van der Waals surface area (Å²) in [6, 6.07) is 7.07. The van der Waals surface area contributed by atoms with Gasteiger partial charge in [0.1, 0.15) is 6.04 Å². The number of amides is 2. The van der Waals surface area contributed by atoms with E-state index < -0.39 is 12.0 Å². The van der Waals surface area contributed by atoms with Crippen molar-refractivity contribution in [1.29, 1.82) is 0 Å². The van der Waals surface area contributed by atoms with Gasteiger partial charge in [-0.25, -0.2) is 9.59 Å². The van der Waals surface area contributed by atoms with Crippen molar-refractivity contribution in [2.45, 2.75) is 32.7 Å². The van der Waals surface area contributed by atoms with E-state index >= 15 is 0 Å². The predicted octanol–water partition coefficient (Wildman–Crippen LogP) is 2.04. The molecule has 0 radical (unpaired) electrons. The van der Waals surface area contributed by atoms with E-state index in [9.17, 15) is 14.7 Å². The van der Waals surface area contributed by atoms with Crippen LogP contribution in [0.1, 0.15) is 24.5 Å². The van der Waals surface area contributed by atoms with Crippen molar-refractivity contribution in [2.24, 2.45) is 5.92 Å². The van der Waals surface area contributed by atoms with Crippen LogP contribution in [0.2, 0.25) is 0 Å². The molecule has 0 aromatic heterocycles. The van der Waals surface area contributed by atoms with E-state index in [1.54, 1.807) is 0 Å². The van der Waals surface area contributed by atoms with Crippen molar-refractivity contribution >= 4 is 12.0 Å². The maximum atomic E-state index is 12.1. The second kappa shape index (κ2) is 6.61. The first-order chi connectivity index (χ1) is 10.0. The summed E-state index contributed by atoms with van der Waals surface area (Å²) in [7, 11) is 0. The van der Waals surface area contributed by atoms with Crippen LogP contribution in [-0.2, 0) is 11.2 Å². The Morgan fingerprint density at radius 3 is 2.76 bits per heavy atom. The smallest absolute Gasteiger partial charge is 0.326 e. The number of nitrogens with zero attached hydrogens (tertiary/aromatic N) is 1. The van der Waals surface area contributed by atoms with Crippen molar-refractivity contribution in [3.8, 4) is 0 Å². The van der Waals surface area contributed by atoms with E-state index in [0.717, 1.165) is 12.8 Å². The van der Waals surface area contributed by atoms with Gasteiger partial charge in [0.05, 0.1) is 0 Å². The number of aryl methyl sites for hydroxylation is 1. The van der Waals surface area contributed by atoms with Gasteiger partial charge in [0.2, 0.25) is 0 Å². The molecule has 1 aromatic carbocycles. The molecule has 114 valence electrons. The fourth-order valence-electron chi connectivity index (χ4n) is 2.85. The maximum Gasteiger partial charge on any atom is 0.326 e. The number of carboxylic acids is 1. The molecule has 1 fully saturated rings. The summed E-state index contributed by atoms with van der Waals surface area (Å²) in [5.41, 5.74) is 2.40. The molecule has 2 amide bonds. The standard InChI is InChI=1S/C16H22N2O3/c1-11-5-3-4-6-13(11)7-9-17-16(21)18-10-8-12(2)14(18)15(19)20/h3-6,12,14H,7-10H2,1-2H3,(H,17,21)(H,19,20). The average Bonchev–Trinajstić information content (AvgIpc) is 2.83. The van der Waals surface area contributed by atoms with Crippen LogP contribution < -0.4 is 5.32 Å². The number of carboxylic acid groups (broad SMARTS) is 1. The van der Waals surface area contributed by atoms with E-state index in [2.05, 4.69) is 5.32 Å². The number of nitrogens with one attached hydrogen (secondary N) is 1. The molecule has 0 spiro atoms. The summed E-state index contributed by atoms with van der Waals surface area (Å²) in [5.74, 6) is -0.918. The number of urea groups is 1. The minimum Gasteiger partial charge on any atom is -0.480 e. The first-order valence-corrected chi connectivity index (χ1v) is 7.32. The summed E-state index contributed by atoms with van der Waals surface area (Å²) in [4.78, 5) is 24.8. The molecule has 2 rings (SSSR count). The van der Waals surface area contributed by atoms with Gasteiger partial charge in [-0.05, 0) is 36.8 Å². The van der Waals surface area contributed by atoms with Crippen molar-refractivity contribution in [3.63, 3.8) is 0 Å². The molecular weight excluding hydrogens is 268 g/mol. The third kappa shape index (κ3) is 3.54. The molecule has 0 saturated carbocycles. The first-order valence-electron chi connectivity index (χ1n) is 7.32. The Bertz CT molecular complexity index is 530. The minimum absolute atomic E-state index is 0.00428. The van der Waals surface area contributed by atoms with E-state index in [1.807, 2.05) is 38.1 Å². The third-order valence-electron chi connectivity index (χ3n) is 4.15. The summed E-state index contributed by atoms with van der Waals surface area (Å²) in [5, 5.41) is 12.1. The normalized spacial score (nSPS) is 21.3. The van der Waals surface area contributed by atoms with Crippen LogP contribution in [0.3, 0.4) is 0 Å². The molecule has 0 bridgehead atoms. The number of carbonyl (C=O) groups excluding carboxylic acids is 1. The molecule has 1 saturated heterocycles. The Morgan fingerprint density at radius 2 is 2.10 bits per heavy atom. The number of rotatable bonds is 4. The fraction of sp³-hybridized carbons (Fsp3) is 0.500. The maximum absolute atomic E-state index is 12.1. The fourth-order valence-corrected chi connectivity index (χ4v) is 2.85. The van der Waals surface area contributed by atoms with Crippen LogP contribution in [0.15, 0.2) is 24.3 Å². The Kier molecular flexibility index (Phi) is 4.83. The van der Waals surface area contributed by atoms with Gasteiger partial charge in [0.15, 0.2) is 0 Å². The summed E-state index contributed by atoms with van der Waals surface area (Å²) in [6.45, 7) is 4.94. The van der Waals surface area contributed by atoms with Crippen LogP contribution in [-0.4, -0.2) is 41.1 Å². The molecule has 5 heteroatoms. The van der Waals surface area contributed by atoms with E-state index in [0.29, 0.717) is 13.1 Å². The van der Waals surface area contributed by atoms with Gasteiger partial charge in [-0.15, -0.1) is 0 Å². The zero-order valence-corrected chi connectivity index (χ0v) is 12.5. The summed E-state index contributed by atoms with van der Waals surface area (Å²) in [6.07, 6.45) is 1.49. The third-order valence-corrected chi connectivity index (χ3v) is 4.15. The highest BCUT2D eigenvalue weighted by Gasteiger charge is 2.39. The molecule has 21 heavy (non-hydrogen) atoms. The number of benzene rings is 1. The van der Waals surface area contributed by atoms with Crippen molar-refractivity contribution in [3.05, 3.63) is 35.4 Å². The molecule has 1 aliphatic heterocycles. The lowest BCUT2D eigenvalue weighted by atomic mass is 10.0. The molecule has 2 unspecified atom stereocenters. The lowest BCUT2D eigenvalue weighted by Crippen LogP contribution is -2.47.